The maximum absolute atomic E-state index is 2.30. The number of aromatic nitrogens is 1. The average Bonchev–Trinajstić information content (AvgIpc) is 3.55. The van der Waals surface area contributed by atoms with Crippen molar-refractivity contribution in [2.75, 3.05) is 0 Å². The van der Waals surface area contributed by atoms with Gasteiger partial charge in [-0.25, -0.2) is 0 Å². The first-order valence-corrected chi connectivity index (χ1v) is 12.3. The predicted octanol–water partition coefficient (Wildman–Crippen LogP) is 8.00. The zero-order chi connectivity index (χ0) is 20.1. The molecule has 6 aromatic rings. The summed E-state index contributed by atoms with van der Waals surface area (Å²) in [5.74, 6) is 0. The van der Waals surface area contributed by atoms with Gasteiger partial charge < -0.3 is 0 Å². The van der Waals surface area contributed by atoms with E-state index in [1.807, 2.05) is 22.7 Å². The largest absolute Gasteiger partial charge is 0.213 e. The van der Waals surface area contributed by atoms with Crippen molar-refractivity contribution in [3.05, 3.63) is 90.3 Å². The second-order valence-electron chi connectivity index (χ2n) is 7.27. The Morgan fingerprint density at radius 2 is 1.07 bits per heavy atom. The Balaban J connectivity index is 1.54. The van der Waals surface area contributed by atoms with Crippen LogP contribution in [0.15, 0.2) is 90.3 Å². The van der Waals surface area contributed by atoms with Crippen LogP contribution in [-0.4, -0.2) is 0 Å². The van der Waals surface area contributed by atoms with Crippen LogP contribution in [0.5, 0.6) is 0 Å². The molecular weight excluding hydrogens is 422 g/mol. The van der Waals surface area contributed by atoms with Gasteiger partial charge in [-0.3, -0.25) is 0 Å². The Kier molecular flexibility index (Phi) is 4.30. The van der Waals surface area contributed by atoms with Gasteiger partial charge in [0.2, 0.25) is 11.0 Å². The van der Waals surface area contributed by atoms with Gasteiger partial charge in [0.1, 0.15) is 7.05 Å². The van der Waals surface area contributed by atoms with E-state index in [0.717, 1.165) is 0 Å². The normalized spacial score (nSPS) is 11.5. The van der Waals surface area contributed by atoms with Crippen molar-refractivity contribution in [1.29, 1.82) is 0 Å². The van der Waals surface area contributed by atoms with Gasteiger partial charge in [-0.15, -0.1) is 34.0 Å². The van der Waals surface area contributed by atoms with Crippen LogP contribution in [0.3, 0.4) is 0 Å². The lowest BCUT2D eigenvalue weighted by Crippen LogP contribution is -2.30. The van der Waals surface area contributed by atoms with Crippen LogP contribution in [0.2, 0.25) is 0 Å². The van der Waals surface area contributed by atoms with Crippen LogP contribution >= 0.6 is 34.0 Å². The van der Waals surface area contributed by atoms with Gasteiger partial charge in [0.05, 0.1) is 10.8 Å². The first-order valence-electron chi connectivity index (χ1n) is 9.83. The highest BCUT2D eigenvalue weighted by Gasteiger charge is 2.20. The molecule has 0 saturated heterocycles. The zero-order valence-corrected chi connectivity index (χ0v) is 18.8. The maximum Gasteiger partial charge on any atom is 0.213 e. The number of pyridine rings is 1. The van der Waals surface area contributed by atoms with Crippen LogP contribution in [0.4, 0.5) is 0 Å². The topological polar surface area (TPSA) is 3.88 Å². The number of para-hydroxylation sites is 2. The molecular formula is C26H18NS3+. The molecule has 4 heterocycles. The molecule has 4 aromatic heterocycles. The molecule has 0 unspecified atom stereocenters. The molecule has 6 rings (SSSR count). The number of nitrogens with zero attached hydrogens (tertiary/aromatic N) is 1. The maximum atomic E-state index is 2.30. The smallest absolute Gasteiger partial charge is 0.194 e. The Bertz CT molecular complexity index is 1450. The quantitative estimate of drug-likeness (QED) is 0.194. The van der Waals surface area contributed by atoms with Crippen LogP contribution in [0, 0.1) is 0 Å². The molecule has 144 valence electrons. The highest BCUT2D eigenvalue weighted by molar-refractivity contribution is 7.27. The number of rotatable bonds is 3. The number of aryl methyl sites for hydroxylation is 1. The fourth-order valence-corrected chi connectivity index (χ4v) is 7.13. The fourth-order valence-electron chi connectivity index (χ4n) is 4.12. The van der Waals surface area contributed by atoms with E-state index in [-0.39, 0.29) is 0 Å². The molecule has 0 aliphatic carbocycles. The number of benzene rings is 2. The molecule has 0 bridgehead atoms. The third-order valence-corrected chi connectivity index (χ3v) is 8.98. The van der Waals surface area contributed by atoms with Crippen molar-refractivity contribution < 1.29 is 4.57 Å². The van der Waals surface area contributed by atoms with Crippen molar-refractivity contribution >= 4 is 55.8 Å². The van der Waals surface area contributed by atoms with E-state index in [1.54, 1.807) is 11.3 Å². The van der Waals surface area contributed by atoms with Crippen LogP contribution in [0.25, 0.3) is 51.8 Å². The van der Waals surface area contributed by atoms with Gasteiger partial charge in [-0.1, -0.05) is 30.3 Å². The Morgan fingerprint density at radius 1 is 0.533 bits per heavy atom. The summed E-state index contributed by atoms with van der Waals surface area (Å²) in [4.78, 5) is 6.68. The van der Waals surface area contributed by atoms with E-state index in [0.29, 0.717) is 0 Å². The summed E-state index contributed by atoms with van der Waals surface area (Å²) in [7, 11) is 2.16. The highest BCUT2D eigenvalue weighted by atomic mass is 32.1. The van der Waals surface area contributed by atoms with Gasteiger partial charge in [-0.2, -0.15) is 4.57 Å². The minimum atomic E-state index is 1.26. The Morgan fingerprint density at radius 3 is 1.67 bits per heavy atom. The lowest BCUT2D eigenvalue weighted by Gasteiger charge is -2.08. The minimum absolute atomic E-state index is 1.26. The lowest BCUT2D eigenvalue weighted by molar-refractivity contribution is -0.617. The summed E-state index contributed by atoms with van der Waals surface area (Å²) in [6.45, 7) is 0. The molecule has 0 amide bonds. The third-order valence-electron chi connectivity index (χ3n) is 5.53. The fraction of sp³-hybridized carbons (Fsp3) is 0.0385. The molecule has 0 aliphatic heterocycles. The first kappa shape index (κ1) is 18.0. The molecule has 2 aromatic carbocycles. The minimum Gasteiger partial charge on any atom is -0.194 e. The summed E-state index contributed by atoms with van der Waals surface area (Å²) >= 11 is 5.57. The second-order valence-corrected chi connectivity index (χ2v) is 10.4. The van der Waals surface area contributed by atoms with E-state index >= 15 is 0 Å². The SMILES string of the molecule is C[n+]1c2ccccc2c(-c2ccc(-c3ccc(-c4cccs4)s3)s2)c2ccccc21. The van der Waals surface area contributed by atoms with Gasteiger partial charge in [0.15, 0.2) is 0 Å². The van der Waals surface area contributed by atoms with Crippen molar-refractivity contribution in [2.45, 2.75) is 0 Å². The van der Waals surface area contributed by atoms with E-state index in [4.69, 9.17) is 0 Å². The molecule has 30 heavy (non-hydrogen) atoms. The monoisotopic (exact) mass is 440 g/mol. The average molecular weight is 441 g/mol. The molecule has 1 nitrogen and oxygen atoms in total. The molecule has 4 heteroatoms. The summed E-state index contributed by atoms with van der Waals surface area (Å²) in [6, 6.07) is 30.8. The molecule has 0 N–H and O–H groups in total. The van der Waals surface area contributed by atoms with Crippen molar-refractivity contribution in [3.63, 3.8) is 0 Å². The molecule has 0 spiro atoms. The zero-order valence-electron chi connectivity index (χ0n) is 16.3. The summed E-state index contributed by atoms with van der Waals surface area (Å²) in [5.41, 5.74) is 3.86. The van der Waals surface area contributed by atoms with Crippen molar-refractivity contribution in [3.8, 4) is 29.9 Å². The van der Waals surface area contributed by atoms with Crippen molar-refractivity contribution in [2.24, 2.45) is 7.05 Å². The second kappa shape index (κ2) is 7.17. The van der Waals surface area contributed by atoms with Crippen molar-refractivity contribution in [1.82, 2.24) is 0 Å². The molecule has 0 fully saturated rings. The number of hydrogen-bond acceptors (Lipinski definition) is 3. The first-order chi connectivity index (χ1) is 14.8. The molecule has 0 atom stereocenters. The highest BCUT2D eigenvalue weighted by Crippen LogP contribution is 2.43. The summed E-state index contributed by atoms with van der Waals surface area (Å²) in [5, 5.41) is 4.75. The van der Waals surface area contributed by atoms with E-state index in [9.17, 15) is 0 Å². The molecule has 0 aliphatic rings. The standard InChI is InChI=1S/C26H18NS3/c1-27-19-9-4-2-7-17(19)26(18-8-3-5-10-20(18)27)25-15-14-24(30-25)23-13-12-22(29-23)21-11-6-16-28-21/h2-16H,1H3/q+1. The van der Waals surface area contributed by atoms with Gasteiger partial charge in [0.25, 0.3) is 0 Å². The number of thiophene rings is 3. The van der Waals surface area contributed by atoms with Gasteiger partial charge in [-0.05, 0) is 47.8 Å². The molecule has 0 radical (unpaired) electrons. The Labute approximate surface area is 187 Å². The lowest BCUT2D eigenvalue weighted by atomic mass is 10.0. The van der Waals surface area contributed by atoms with E-state index in [2.05, 4.69) is 102 Å². The van der Waals surface area contributed by atoms with Crippen LogP contribution < -0.4 is 4.57 Å². The van der Waals surface area contributed by atoms with E-state index in [1.165, 1.54) is 51.8 Å². The summed E-state index contributed by atoms with van der Waals surface area (Å²) in [6.07, 6.45) is 0. The van der Waals surface area contributed by atoms with Gasteiger partial charge >= 0.3 is 0 Å². The number of fused-ring (bicyclic) bond motifs is 2. The summed E-state index contributed by atoms with van der Waals surface area (Å²) < 4.78 is 2.30. The Hall–Kier alpha value is -2.79. The third kappa shape index (κ3) is 2.83. The van der Waals surface area contributed by atoms with Gasteiger partial charge in [0, 0.05) is 42.1 Å². The number of hydrogen-bond donors (Lipinski definition) is 0. The molecule has 0 saturated carbocycles. The van der Waals surface area contributed by atoms with E-state index < -0.39 is 0 Å². The van der Waals surface area contributed by atoms with Crippen LogP contribution in [-0.2, 0) is 7.05 Å². The van der Waals surface area contributed by atoms with Crippen LogP contribution in [0.1, 0.15) is 0 Å². The predicted molar refractivity (Wildman–Crippen MR) is 133 cm³/mol.